The fraction of sp³-hybridized carbons (Fsp3) is 0.500. The maximum absolute atomic E-state index is 5.84. The van der Waals surface area contributed by atoms with Crippen molar-refractivity contribution in [2.75, 3.05) is 40.0 Å². The first-order chi connectivity index (χ1) is 9.83. The van der Waals surface area contributed by atoms with Gasteiger partial charge in [-0.15, -0.1) is 0 Å². The Bertz CT molecular complexity index is 446. The molecule has 0 aliphatic carbocycles. The number of hydrogen-bond donors (Lipinski definition) is 1. The van der Waals surface area contributed by atoms with Gasteiger partial charge in [-0.05, 0) is 18.1 Å². The van der Waals surface area contributed by atoms with Crippen molar-refractivity contribution in [3.63, 3.8) is 0 Å². The molecule has 1 heterocycles. The predicted molar refractivity (Wildman–Crippen MR) is 80.8 cm³/mol. The average Bonchev–Trinajstić information content (AvgIpc) is 2.50. The van der Waals surface area contributed by atoms with Crippen molar-refractivity contribution in [1.29, 1.82) is 0 Å². The minimum atomic E-state index is 0.517. The Morgan fingerprint density at radius 3 is 2.85 bits per heavy atom. The Balaban J connectivity index is 1.74. The summed E-state index contributed by atoms with van der Waals surface area (Å²) in [6, 6.07) is 7.96. The topological polar surface area (TPSA) is 47.7 Å². The molecule has 1 aromatic carbocycles. The first-order valence-corrected chi connectivity index (χ1v) is 7.13. The Hall–Kier alpha value is -1.36. The number of nitrogens with two attached hydrogens (primary N) is 1. The van der Waals surface area contributed by atoms with Crippen molar-refractivity contribution in [3.8, 4) is 5.75 Å². The fourth-order valence-electron chi connectivity index (χ4n) is 2.37. The summed E-state index contributed by atoms with van der Waals surface area (Å²) in [6.07, 6.45) is 3.36. The Labute approximate surface area is 121 Å². The third-order valence-corrected chi connectivity index (χ3v) is 3.57. The van der Waals surface area contributed by atoms with Gasteiger partial charge in [0, 0.05) is 38.9 Å². The van der Waals surface area contributed by atoms with Crippen molar-refractivity contribution in [2.45, 2.75) is 13.0 Å². The van der Waals surface area contributed by atoms with Gasteiger partial charge in [-0.2, -0.15) is 0 Å². The molecule has 0 bridgehead atoms. The zero-order valence-electron chi connectivity index (χ0n) is 12.2. The summed E-state index contributed by atoms with van der Waals surface area (Å²) in [5, 5.41) is 0. The highest BCUT2D eigenvalue weighted by atomic mass is 16.5. The summed E-state index contributed by atoms with van der Waals surface area (Å²) in [5.74, 6) is 0.905. The van der Waals surface area contributed by atoms with E-state index in [1.165, 1.54) is 5.57 Å². The first kappa shape index (κ1) is 15.0. The molecule has 0 unspecified atom stereocenters. The molecule has 20 heavy (non-hydrogen) atoms. The summed E-state index contributed by atoms with van der Waals surface area (Å²) in [4.78, 5) is 2.39. The molecule has 0 aromatic heterocycles. The highest BCUT2D eigenvalue weighted by Crippen LogP contribution is 2.17. The summed E-state index contributed by atoms with van der Waals surface area (Å²) in [5.41, 5.74) is 8.16. The quantitative estimate of drug-likeness (QED) is 0.772. The van der Waals surface area contributed by atoms with E-state index in [2.05, 4.69) is 11.0 Å². The average molecular weight is 276 g/mol. The Morgan fingerprint density at radius 2 is 2.15 bits per heavy atom. The second-order valence-corrected chi connectivity index (χ2v) is 5.01. The van der Waals surface area contributed by atoms with E-state index in [4.69, 9.17) is 15.2 Å². The fourth-order valence-corrected chi connectivity index (χ4v) is 2.37. The number of nitrogens with zero attached hydrogens (tertiary/aromatic N) is 1. The number of para-hydroxylation sites is 1. The van der Waals surface area contributed by atoms with E-state index in [-0.39, 0.29) is 0 Å². The number of benzene rings is 1. The number of hydrogen-bond acceptors (Lipinski definition) is 4. The van der Waals surface area contributed by atoms with Crippen molar-refractivity contribution in [2.24, 2.45) is 5.73 Å². The van der Waals surface area contributed by atoms with Gasteiger partial charge in [0.15, 0.2) is 0 Å². The van der Waals surface area contributed by atoms with Gasteiger partial charge in [0.25, 0.3) is 0 Å². The largest absolute Gasteiger partial charge is 0.492 e. The molecule has 1 aromatic rings. The van der Waals surface area contributed by atoms with Crippen LogP contribution < -0.4 is 10.5 Å². The van der Waals surface area contributed by atoms with Crippen LogP contribution in [0.1, 0.15) is 12.0 Å². The number of methoxy groups -OCH3 is 1. The molecule has 1 aliphatic heterocycles. The minimum Gasteiger partial charge on any atom is -0.492 e. The second-order valence-electron chi connectivity index (χ2n) is 5.01. The normalized spacial score (nSPS) is 16.0. The zero-order chi connectivity index (χ0) is 14.2. The molecule has 110 valence electrons. The van der Waals surface area contributed by atoms with Gasteiger partial charge in [-0.25, -0.2) is 0 Å². The van der Waals surface area contributed by atoms with Crippen molar-refractivity contribution in [3.05, 3.63) is 41.5 Å². The molecule has 0 amide bonds. The van der Waals surface area contributed by atoms with E-state index < -0.39 is 0 Å². The highest BCUT2D eigenvalue weighted by Gasteiger charge is 2.11. The highest BCUT2D eigenvalue weighted by molar-refractivity contribution is 5.32. The molecule has 0 radical (unpaired) electrons. The lowest BCUT2D eigenvalue weighted by molar-refractivity contribution is 0.197. The van der Waals surface area contributed by atoms with Crippen LogP contribution in [0, 0.1) is 0 Å². The van der Waals surface area contributed by atoms with Crippen molar-refractivity contribution < 1.29 is 9.47 Å². The summed E-state index contributed by atoms with van der Waals surface area (Å²) >= 11 is 0. The van der Waals surface area contributed by atoms with Gasteiger partial charge in [0.05, 0.1) is 6.61 Å². The molecular weight excluding hydrogens is 252 g/mol. The third-order valence-electron chi connectivity index (χ3n) is 3.57. The van der Waals surface area contributed by atoms with Crippen LogP contribution in [-0.2, 0) is 11.3 Å². The lowest BCUT2D eigenvalue weighted by Crippen LogP contribution is -2.33. The molecular formula is C16H24N2O2. The maximum Gasteiger partial charge on any atom is 0.123 e. The molecule has 0 fully saturated rings. The first-order valence-electron chi connectivity index (χ1n) is 7.13. The van der Waals surface area contributed by atoms with E-state index in [0.29, 0.717) is 13.2 Å². The van der Waals surface area contributed by atoms with Gasteiger partial charge in [0.2, 0.25) is 0 Å². The van der Waals surface area contributed by atoms with E-state index in [0.717, 1.165) is 44.0 Å². The van der Waals surface area contributed by atoms with Crippen LogP contribution in [0.15, 0.2) is 35.9 Å². The molecule has 0 spiro atoms. The molecule has 1 aliphatic rings. The Kier molecular flexibility index (Phi) is 6.05. The predicted octanol–water partition coefficient (Wildman–Crippen LogP) is 1.80. The van der Waals surface area contributed by atoms with Crippen LogP contribution in [0.5, 0.6) is 5.75 Å². The monoisotopic (exact) mass is 276 g/mol. The lowest BCUT2D eigenvalue weighted by Gasteiger charge is -2.26. The van der Waals surface area contributed by atoms with Crippen LogP contribution >= 0.6 is 0 Å². The van der Waals surface area contributed by atoms with Crippen LogP contribution in [0.3, 0.4) is 0 Å². The van der Waals surface area contributed by atoms with Gasteiger partial charge < -0.3 is 15.2 Å². The molecule has 2 rings (SSSR count). The van der Waals surface area contributed by atoms with Crippen LogP contribution in [0.25, 0.3) is 0 Å². The summed E-state index contributed by atoms with van der Waals surface area (Å²) in [7, 11) is 1.75. The van der Waals surface area contributed by atoms with Crippen molar-refractivity contribution >= 4 is 0 Å². The molecule has 0 saturated heterocycles. The van der Waals surface area contributed by atoms with Crippen molar-refractivity contribution in [1.82, 2.24) is 4.90 Å². The third kappa shape index (κ3) is 4.34. The van der Waals surface area contributed by atoms with E-state index in [1.54, 1.807) is 7.11 Å². The van der Waals surface area contributed by atoms with Gasteiger partial charge >= 0.3 is 0 Å². The number of ether oxygens (including phenoxy) is 2. The number of rotatable bonds is 7. The van der Waals surface area contributed by atoms with E-state index >= 15 is 0 Å². The van der Waals surface area contributed by atoms with Crippen LogP contribution in [-0.4, -0.2) is 44.9 Å². The lowest BCUT2D eigenvalue weighted by atomic mass is 10.1. The molecule has 0 atom stereocenters. The minimum absolute atomic E-state index is 0.517. The van der Waals surface area contributed by atoms with E-state index in [1.807, 2.05) is 24.3 Å². The molecule has 0 saturated carbocycles. The SMILES string of the molecule is COCC1=CCN(CCOc2ccccc2CN)CC1. The van der Waals surface area contributed by atoms with Gasteiger partial charge in [-0.3, -0.25) is 4.90 Å². The molecule has 2 N–H and O–H groups in total. The summed E-state index contributed by atoms with van der Waals surface area (Å²) < 4.78 is 11.0. The zero-order valence-corrected chi connectivity index (χ0v) is 12.2. The second kappa shape index (κ2) is 8.04. The summed E-state index contributed by atoms with van der Waals surface area (Å²) in [6.45, 7) is 4.98. The smallest absolute Gasteiger partial charge is 0.123 e. The van der Waals surface area contributed by atoms with E-state index in [9.17, 15) is 0 Å². The molecule has 4 nitrogen and oxygen atoms in total. The molecule has 4 heteroatoms. The standard InChI is InChI=1S/C16H24N2O2/c1-19-13-14-6-8-18(9-7-14)10-11-20-16-5-3-2-4-15(16)12-17/h2-6H,7-13,17H2,1H3. The van der Waals surface area contributed by atoms with Gasteiger partial charge in [0.1, 0.15) is 12.4 Å². The van der Waals surface area contributed by atoms with Gasteiger partial charge in [-0.1, -0.05) is 24.3 Å². The van der Waals surface area contributed by atoms with Crippen LogP contribution in [0.4, 0.5) is 0 Å². The van der Waals surface area contributed by atoms with Crippen LogP contribution in [0.2, 0.25) is 0 Å². The maximum atomic E-state index is 5.84. The Morgan fingerprint density at radius 1 is 1.30 bits per heavy atom.